The molecule has 74 valence electrons. The van der Waals surface area contributed by atoms with Crippen LogP contribution < -0.4 is 0 Å². The van der Waals surface area contributed by atoms with Crippen LogP contribution in [-0.4, -0.2) is 22.0 Å². The first kappa shape index (κ1) is 11.0. The van der Waals surface area contributed by atoms with Crippen molar-refractivity contribution < 1.29 is 14.6 Å². The van der Waals surface area contributed by atoms with E-state index >= 15 is 0 Å². The molecule has 5 heteroatoms. The fourth-order valence-corrected chi connectivity index (χ4v) is 1.52. The molecule has 0 heterocycles. The van der Waals surface area contributed by atoms with Crippen molar-refractivity contribution in [3.63, 3.8) is 0 Å². The van der Waals surface area contributed by atoms with Gasteiger partial charge in [0, 0.05) is 9.13 Å². The number of aliphatic carboxylic acids is 1. The van der Waals surface area contributed by atoms with Crippen LogP contribution in [0.3, 0.4) is 0 Å². The number of carbonyl (C=O) groups is 1. The lowest BCUT2D eigenvalue weighted by molar-refractivity contribution is -0.469. The molecule has 0 atom stereocenters. The largest absolute Gasteiger partial charge is 0.623 e. The lowest BCUT2D eigenvalue weighted by atomic mass is 10.2. The van der Waals surface area contributed by atoms with Gasteiger partial charge < -0.3 is 10.3 Å². The molecule has 0 fully saturated rings. The Labute approximate surface area is 94.6 Å². The number of hydrogen-bond donors (Lipinski definition) is 1. The molecule has 0 saturated carbocycles. The Morgan fingerprint density at radius 3 is 2.79 bits per heavy atom. The highest BCUT2D eigenvalue weighted by atomic mass is 127. The molecule has 1 aromatic carbocycles. The van der Waals surface area contributed by atoms with Crippen molar-refractivity contribution >= 4 is 34.8 Å². The molecular formula is C9H8INO3. The molecule has 0 amide bonds. The average Bonchev–Trinajstić information content (AvgIpc) is 2.07. The molecule has 0 saturated heterocycles. The zero-order valence-corrected chi connectivity index (χ0v) is 9.34. The third kappa shape index (κ3) is 3.33. The van der Waals surface area contributed by atoms with E-state index in [0.29, 0.717) is 11.0 Å². The molecule has 0 unspecified atom stereocenters. The monoisotopic (exact) mass is 305 g/mol. The van der Waals surface area contributed by atoms with Crippen LogP contribution in [0.25, 0.3) is 0 Å². The molecule has 1 N–H and O–H groups in total. The highest BCUT2D eigenvalue weighted by Gasteiger charge is 2.04. The smallest absolute Gasteiger partial charge is 0.394 e. The van der Waals surface area contributed by atoms with E-state index in [9.17, 15) is 10.0 Å². The number of carboxylic acids is 1. The molecule has 0 aliphatic carbocycles. The molecule has 14 heavy (non-hydrogen) atoms. The summed E-state index contributed by atoms with van der Waals surface area (Å²) in [5.41, 5.74) is 0.820. The summed E-state index contributed by atoms with van der Waals surface area (Å²) in [7, 11) is 0. The van der Waals surface area contributed by atoms with Gasteiger partial charge in [-0.25, -0.2) is 9.53 Å². The van der Waals surface area contributed by atoms with Crippen LogP contribution in [0.1, 0.15) is 5.56 Å². The van der Waals surface area contributed by atoms with E-state index in [1.165, 1.54) is 0 Å². The molecule has 0 aliphatic rings. The second-order valence-corrected chi connectivity index (χ2v) is 3.80. The Balaban J connectivity index is 2.79. The quantitative estimate of drug-likeness (QED) is 0.302. The predicted molar refractivity (Wildman–Crippen MR) is 60.2 cm³/mol. The fraction of sp³-hybridized carbons (Fsp3) is 0.111. The van der Waals surface area contributed by atoms with E-state index in [1.54, 1.807) is 6.07 Å². The third-order valence-corrected chi connectivity index (χ3v) is 2.59. The Morgan fingerprint density at radius 1 is 1.57 bits per heavy atom. The summed E-state index contributed by atoms with van der Waals surface area (Å²) in [4.78, 5) is 10.2. The second kappa shape index (κ2) is 4.94. The zero-order valence-electron chi connectivity index (χ0n) is 7.18. The van der Waals surface area contributed by atoms with E-state index in [-0.39, 0.29) is 6.54 Å². The molecule has 1 aromatic rings. The standard InChI is InChI=1S/C9H8INO3/c10-8-4-2-1-3-7(8)5-11(14)6-9(12)13/h1-4,6H,5H2,(H,12,13)/b11-6-. The second-order valence-electron chi connectivity index (χ2n) is 2.63. The fourth-order valence-electron chi connectivity index (χ4n) is 0.963. The van der Waals surface area contributed by atoms with Crippen molar-refractivity contribution in [1.82, 2.24) is 0 Å². The van der Waals surface area contributed by atoms with E-state index in [2.05, 4.69) is 22.6 Å². The van der Waals surface area contributed by atoms with Gasteiger partial charge in [-0.15, -0.1) is 0 Å². The Hall–Kier alpha value is -1.11. The van der Waals surface area contributed by atoms with Gasteiger partial charge in [0.1, 0.15) is 0 Å². The van der Waals surface area contributed by atoms with Gasteiger partial charge in [0.2, 0.25) is 0 Å². The van der Waals surface area contributed by atoms with E-state index < -0.39 is 5.97 Å². The Morgan fingerprint density at radius 2 is 2.21 bits per heavy atom. The molecule has 1 rings (SSSR count). The van der Waals surface area contributed by atoms with Gasteiger partial charge in [-0.3, -0.25) is 0 Å². The van der Waals surface area contributed by atoms with Crippen LogP contribution in [0, 0.1) is 8.78 Å². The summed E-state index contributed by atoms with van der Waals surface area (Å²) in [5.74, 6) is -1.23. The molecule has 0 bridgehead atoms. The summed E-state index contributed by atoms with van der Waals surface area (Å²) >= 11 is 2.10. The number of hydroxylamine groups is 1. The predicted octanol–water partition coefficient (Wildman–Crippen LogP) is 1.46. The summed E-state index contributed by atoms with van der Waals surface area (Å²) in [6, 6.07) is 7.33. The number of nitrogens with zero attached hydrogens (tertiary/aromatic N) is 1. The van der Waals surface area contributed by atoms with Crippen molar-refractivity contribution in [1.29, 1.82) is 0 Å². The molecule has 4 nitrogen and oxygen atoms in total. The highest BCUT2D eigenvalue weighted by Crippen LogP contribution is 2.11. The van der Waals surface area contributed by atoms with Crippen LogP contribution in [0.15, 0.2) is 24.3 Å². The number of hydrogen-bond acceptors (Lipinski definition) is 2. The lowest BCUT2D eigenvalue weighted by Crippen LogP contribution is -2.11. The van der Waals surface area contributed by atoms with Gasteiger partial charge in [-0.05, 0) is 28.7 Å². The van der Waals surface area contributed by atoms with Crippen LogP contribution in [0.2, 0.25) is 0 Å². The van der Waals surface area contributed by atoms with Crippen molar-refractivity contribution in [2.24, 2.45) is 0 Å². The van der Waals surface area contributed by atoms with E-state index in [4.69, 9.17) is 5.11 Å². The first-order valence-corrected chi connectivity index (χ1v) is 4.92. The molecule has 0 aromatic heterocycles. The maximum atomic E-state index is 11.1. The first-order chi connectivity index (χ1) is 6.59. The number of benzene rings is 1. The lowest BCUT2D eigenvalue weighted by Gasteiger charge is -2.04. The molecule has 0 radical (unpaired) electrons. The van der Waals surface area contributed by atoms with Gasteiger partial charge in [-0.1, -0.05) is 18.2 Å². The van der Waals surface area contributed by atoms with Crippen molar-refractivity contribution in [3.8, 4) is 0 Å². The summed E-state index contributed by atoms with van der Waals surface area (Å²) in [5, 5.41) is 19.4. The molecule has 0 aliphatic heterocycles. The van der Waals surface area contributed by atoms with E-state index in [1.807, 2.05) is 18.2 Å². The van der Waals surface area contributed by atoms with Crippen LogP contribution in [-0.2, 0) is 11.3 Å². The van der Waals surface area contributed by atoms with Crippen LogP contribution in [0.4, 0.5) is 0 Å². The van der Waals surface area contributed by atoms with Crippen molar-refractivity contribution in [2.75, 3.05) is 0 Å². The topological polar surface area (TPSA) is 63.4 Å². The summed E-state index contributed by atoms with van der Waals surface area (Å²) < 4.78 is 1.35. The normalized spacial score (nSPS) is 11.4. The van der Waals surface area contributed by atoms with Crippen molar-refractivity contribution in [2.45, 2.75) is 6.54 Å². The minimum atomic E-state index is -1.23. The zero-order chi connectivity index (χ0) is 10.6. The highest BCUT2D eigenvalue weighted by molar-refractivity contribution is 14.1. The van der Waals surface area contributed by atoms with Gasteiger partial charge in [0.05, 0.1) is 0 Å². The minimum absolute atomic E-state index is 0.0609. The third-order valence-electron chi connectivity index (χ3n) is 1.54. The number of carboxylic acid groups (broad SMARTS) is 1. The van der Waals surface area contributed by atoms with Crippen LogP contribution >= 0.6 is 22.6 Å². The number of rotatable bonds is 3. The Kier molecular flexibility index (Phi) is 3.87. The van der Waals surface area contributed by atoms with Gasteiger partial charge in [0.15, 0.2) is 6.54 Å². The number of halogens is 1. The molecule has 0 spiro atoms. The van der Waals surface area contributed by atoms with Gasteiger partial charge in [-0.2, -0.15) is 0 Å². The summed E-state index contributed by atoms with van der Waals surface area (Å²) in [6.45, 7) is 0.0609. The molecular weight excluding hydrogens is 297 g/mol. The van der Waals surface area contributed by atoms with Gasteiger partial charge >= 0.3 is 5.97 Å². The Bertz CT molecular complexity index is 376. The first-order valence-electron chi connectivity index (χ1n) is 3.84. The maximum Gasteiger partial charge on any atom is 0.394 e. The van der Waals surface area contributed by atoms with Crippen LogP contribution in [0.5, 0.6) is 0 Å². The minimum Gasteiger partial charge on any atom is -0.623 e. The summed E-state index contributed by atoms with van der Waals surface area (Å²) in [6.07, 6.45) is 0.614. The van der Waals surface area contributed by atoms with E-state index in [0.717, 1.165) is 9.13 Å². The average molecular weight is 305 g/mol. The SMILES string of the molecule is O=C(O)/C=[N+](\[O-])Cc1ccccc1I. The van der Waals surface area contributed by atoms with Gasteiger partial charge in [0.25, 0.3) is 6.21 Å². The van der Waals surface area contributed by atoms with Crippen molar-refractivity contribution in [3.05, 3.63) is 38.6 Å². The maximum absolute atomic E-state index is 11.1.